The second-order valence-corrected chi connectivity index (χ2v) is 5.18. The average Bonchev–Trinajstić information content (AvgIpc) is 1.95. The van der Waals surface area contributed by atoms with Gasteiger partial charge in [-0.2, -0.15) is 0 Å². The predicted octanol–water partition coefficient (Wildman–Crippen LogP) is 0.830. The summed E-state index contributed by atoms with van der Waals surface area (Å²) < 4.78 is 5.78. The first-order valence-electron chi connectivity index (χ1n) is 4.90. The normalized spacial score (nSPS) is 53.8. The molecule has 3 fully saturated rings. The Bertz CT molecular complexity index is 236. The summed E-state index contributed by atoms with van der Waals surface area (Å²) in [5, 5.41) is 20.0. The van der Waals surface area contributed by atoms with Crippen molar-refractivity contribution >= 4 is 0 Å². The minimum atomic E-state index is -0.843. The minimum absolute atomic E-state index is 0.441. The van der Waals surface area contributed by atoms with Crippen molar-refractivity contribution in [3.63, 3.8) is 0 Å². The van der Waals surface area contributed by atoms with E-state index >= 15 is 0 Å². The highest BCUT2D eigenvalue weighted by Crippen LogP contribution is 2.51. The van der Waals surface area contributed by atoms with E-state index in [9.17, 15) is 10.2 Å². The van der Waals surface area contributed by atoms with Gasteiger partial charge in [-0.3, -0.25) is 0 Å². The van der Waals surface area contributed by atoms with Crippen LogP contribution in [-0.2, 0) is 4.74 Å². The van der Waals surface area contributed by atoms with Gasteiger partial charge in [-0.25, -0.2) is 0 Å². The third-order valence-corrected chi connectivity index (χ3v) is 3.88. The van der Waals surface area contributed by atoms with E-state index in [1.165, 1.54) is 0 Å². The van der Waals surface area contributed by atoms with E-state index in [4.69, 9.17) is 4.74 Å². The Morgan fingerprint density at radius 2 is 1.85 bits per heavy atom. The average molecular weight is 186 g/mol. The molecule has 3 rings (SSSR count). The molecule has 0 spiro atoms. The molecule has 2 heterocycles. The highest BCUT2D eigenvalue weighted by molar-refractivity contribution is 5.11. The van der Waals surface area contributed by atoms with Crippen molar-refractivity contribution in [2.75, 3.05) is 0 Å². The molecule has 0 amide bonds. The van der Waals surface area contributed by atoms with Crippen LogP contribution < -0.4 is 0 Å². The van der Waals surface area contributed by atoms with Crippen molar-refractivity contribution in [2.24, 2.45) is 0 Å². The Kier molecular flexibility index (Phi) is 1.65. The van der Waals surface area contributed by atoms with E-state index < -0.39 is 22.9 Å². The van der Waals surface area contributed by atoms with Crippen LogP contribution in [0.15, 0.2) is 0 Å². The maximum Gasteiger partial charge on any atom is 0.0957 e. The largest absolute Gasteiger partial charge is 0.390 e. The van der Waals surface area contributed by atoms with E-state index in [0.717, 1.165) is 12.8 Å². The van der Waals surface area contributed by atoms with Crippen molar-refractivity contribution in [3.05, 3.63) is 0 Å². The molecule has 1 aliphatic carbocycles. The maximum absolute atomic E-state index is 10.2. The molecule has 2 aliphatic heterocycles. The molecule has 2 N–H and O–H groups in total. The molecule has 3 aliphatic rings. The van der Waals surface area contributed by atoms with Gasteiger partial charge in [-0.15, -0.1) is 0 Å². The van der Waals surface area contributed by atoms with Gasteiger partial charge < -0.3 is 14.9 Å². The molecule has 3 atom stereocenters. The van der Waals surface area contributed by atoms with Gasteiger partial charge in [0.05, 0.1) is 22.9 Å². The molecule has 0 aromatic carbocycles. The van der Waals surface area contributed by atoms with Crippen LogP contribution in [0, 0.1) is 0 Å². The zero-order valence-corrected chi connectivity index (χ0v) is 8.50. The first-order chi connectivity index (χ1) is 5.79. The van der Waals surface area contributed by atoms with E-state index in [-0.39, 0.29) is 0 Å². The molecular formula is C10H18O3. The lowest BCUT2D eigenvalue weighted by Crippen LogP contribution is -2.70. The summed E-state index contributed by atoms with van der Waals surface area (Å²) in [5.74, 6) is 0. The lowest BCUT2D eigenvalue weighted by molar-refractivity contribution is -0.330. The molecule has 13 heavy (non-hydrogen) atoms. The molecule has 2 bridgehead atoms. The summed E-state index contributed by atoms with van der Waals surface area (Å²) >= 11 is 0. The maximum atomic E-state index is 10.2. The van der Waals surface area contributed by atoms with Crippen molar-refractivity contribution < 1.29 is 14.9 Å². The summed E-state index contributed by atoms with van der Waals surface area (Å²) in [6.07, 6.45) is 1.39. The van der Waals surface area contributed by atoms with Gasteiger partial charge in [-0.1, -0.05) is 0 Å². The predicted molar refractivity (Wildman–Crippen MR) is 48.4 cm³/mol. The number of ether oxygens (including phenoxy) is 1. The fourth-order valence-corrected chi connectivity index (χ4v) is 2.60. The first kappa shape index (κ1) is 9.44. The summed E-state index contributed by atoms with van der Waals surface area (Å²) in [4.78, 5) is 0. The van der Waals surface area contributed by atoms with Gasteiger partial charge in [0.1, 0.15) is 0 Å². The van der Waals surface area contributed by atoms with Gasteiger partial charge in [-0.05, 0) is 33.6 Å². The Labute approximate surface area is 78.7 Å². The second kappa shape index (κ2) is 2.27. The molecule has 1 saturated carbocycles. The molecule has 2 saturated heterocycles. The molecular weight excluding hydrogens is 168 g/mol. The van der Waals surface area contributed by atoms with Crippen LogP contribution in [0.2, 0.25) is 0 Å². The van der Waals surface area contributed by atoms with Gasteiger partial charge in [0.2, 0.25) is 0 Å². The Balaban J connectivity index is 2.36. The summed E-state index contributed by atoms with van der Waals surface area (Å²) in [6, 6.07) is 0. The quantitative estimate of drug-likeness (QED) is 0.589. The zero-order chi connectivity index (χ0) is 9.91. The lowest BCUT2D eigenvalue weighted by atomic mass is 9.64. The standard InChI is InChI=1S/C10H18O3/c1-8(2)10(12)5-4-9(3,13-8)7(11)6-10/h7,11-12H,4-6H2,1-3H3/t7-,9+,10+/m1/s1. The van der Waals surface area contributed by atoms with Crippen molar-refractivity contribution in [1.82, 2.24) is 0 Å². The molecule has 3 heteroatoms. The number of hydrogen-bond donors (Lipinski definition) is 2. The molecule has 0 aromatic rings. The van der Waals surface area contributed by atoms with Crippen LogP contribution in [0.1, 0.15) is 40.0 Å². The highest BCUT2D eigenvalue weighted by atomic mass is 16.6. The molecule has 3 nitrogen and oxygen atoms in total. The van der Waals surface area contributed by atoms with Gasteiger partial charge in [0.15, 0.2) is 0 Å². The van der Waals surface area contributed by atoms with Crippen LogP contribution >= 0.6 is 0 Å². The summed E-state index contributed by atoms with van der Waals surface area (Å²) in [7, 11) is 0. The van der Waals surface area contributed by atoms with Crippen molar-refractivity contribution in [3.8, 4) is 0 Å². The highest BCUT2D eigenvalue weighted by Gasteiger charge is 2.61. The molecule has 76 valence electrons. The molecule has 0 radical (unpaired) electrons. The van der Waals surface area contributed by atoms with Crippen LogP contribution in [0.5, 0.6) is 0 Å². The number of aliphatic hydroxyl groups is 2. The number of aliphatic hydroxyl groups excluding tert-OH is 1. The fraction of sp³-hybridized carbons (Fsp3) is 1.00. The van der Waals surface area contributed by atoms with Crippen LogP contribution in [0.3, 0.4) is 0 Å². The van der Waals surface area contributed by atoms with Crippen molar-refractivity contribution in [1.29, 1.82) is 0 Å². The third kappa shape index (κ3) is 1.07. The van der Waals surface area contributed by atoms with E-state index in [1.807, 2.05) is 20.8 Å². The second-order valence-electron chi connectivity index (χ2n) is 5.18. The first-order valence-corrected chi connectivity index (χ1v) is 4.90. The SMILES string of the molecule is CC1(C)O[C@@]2(C)CC[C@]1(O)C[C@H]2O. The Morgan fingerprint density at radius 3 is 2.23 bits per heavy atom. The van der Waals surface area contributed by atoms with Gasteiger partial charge in [0, 0.05) is 6.42 Å². The van der Waals surface area contributed by atoms with Crippen LogP contribution in [0.25, 0.3) is 0 Å². The molecule has 0 unspecified atom stereocenters. The smallest absolute Gasteiger partial charge is 0.0957 e. The van der Waals surface area contributed by atoms with E-state index in [2.05, 4.69) is 0 Å². The monoisotopic (exact) mass is 186 g/mol. The van der Waals surface area contributed by atoms with E-state index in [0.29, 0.717) is 6.42 Å². The van der Waals surface area contributed by atoms with Gasteiger partial charge in [0.25, 0.3) is 0 Å². The summed E-state index contributed by atoms with van der Waals surface area (Å²) in [5.41, 5.74) is -1.82. The van der Waals surface area contributed by atoms with Gasteiger partial charge >= 0.3 is 0 Å². The number of rotatable bonds is 0. The van der Waals surface area contributed by atoms with E-state index in [1.54, 1.807) is 0 Å². The lowest BCUT2D eigenvalue weighted by Gasteiger charge is -2.60. The zero-order valence-electron chi connectivity index (χ0n) is 8.50. The van der Waals surface area contributed by atoms with Crippen LogP contribution in [-0.4, -0.2) is 33.1 Å². The number of fused-ring (bicyclic) bond motifs is 3. The molecule has 0 aromatic heterocycles. The summed E-state index contributed by atoms with van der Waals surface area (Å²) in [6.45, 7) is 5.73. The Hall–Kier alpha value is -0.120. The third-order valence-electron chi connectivity index (χ3n) is 3.88. The van der Waals surface area contributed by atoms with Crippen LogP contribution in [0.4, 0.5) is 0 Å². The minimum Gasteiger partial charge on any atom is -0.390 e. The Morgan fingerprint density at radius 1 is 1.23 bits per heavy atom. The number of hydrogen-bond acceptors (Lipinski definition) is 3. The topological polar surface area (TPSA) is 49.7 Å². The fourth-order valence-electron chi connectivity index (χ4n) is 2.60. The van der Waals surface area contributed by atoms with Crippen molar-refractivity contribution in [2.45, 2.75) is 62.9 Å².